The molecule has 2 fully saturated rings. The first-order chi connectivity index (χ1) is 11.3. The second-order valence-corrected chi connectivity index (χ2v) is 6.78. The van der Waals surface area contributed by atoms with Crippen molar-refractivity contribution >= 4 is 5.96 Å². The number of hydrogen-bond acceptors (Lipinski definition) is 3. The summed E-state index contributed by atoms with van der Waals surface area (Å²) in [5, 5.41) is 3.42. The summed E-state index contributed by atoms with van der Waals surface area (Å²) < 4.78 is 11.3. The van der Waals surface area contributed by atoms with E-state index in [0.717, 1.165) is 51.8 Å². The van der Waals surface area contributed by atoms with Crippen molar-refractivity contribution < 1.29 is 9.47 Å². The van der Waals surface area contributed by atoms with Crippen molar-refractivity contribution in [3.8, 4) is 0 Å². The predicted molar refractivity (Wildman–Crippen MR) is 95.0 cm³/mol. The molecule has 2 aliphatic rings. The molecule has 1 aliphatic carbocycles. The fourth-order valence-corrected chi connectivity index (χ4v) is 3.55. The highest BCUT2D eigenvalue weighted by molar-refractivity contribution is 5.80. The number of rotatable bonds is 8. The smallest absolute Gasteiger partial charge is 0.193 e. The topological polar surface area (TPSA) is 46.1 Å². The highest BCUT2D eigenvalue weighted by Crippen LogP contribution is 2.20. The van der Waals surface area contributed by atoms with E-state index in [1.807, 2.05) is 0 Å². The summed E-state index contributed by atoms with van der Waals surface area (Å²) in [7, 11) is 1.79. The van der Waals surface area contributed by atoms with Crippen LogP contribution < -0.4 is 5.32 Å². The Morgan fingerprint density at radius 2 is 2.04 bits per heavy atom. The van der Waals surface area contributed by atoms with Crippen LogP contribution in [0.2, 0.25) is 0 Å². The van der Waals surface area contributed by atoms with Crippen molar-refractivity contribution in [3.05, 3.63) is 0 Å². The van der Waals surface area contributed by atoms with Crippen LogP contribution in [0.3, 0.4) is 0 Å². The Bertz CT molecular complexity index is 343. The summed E-state index contributed by atoms with van der Waals surface area (Å²) in [4.78, 5) is 7.15. The molecule has 1 heterocycles. The van der Waals surface area contributed by atoms with E-state index in [2.05, 4.69) is 17.1 Å². The molecule has 1 N–H and O–H groups in total. The summed E-state index contributed by atoms with van der Waals surface area (Å²) in [6.07, 6.45) is 9.28. The number of guanidine groups is 1. The molecule has 1 saturated heterocycles. The van der Waals surface area contributed by atoms with Gasteiger partial charge in [-0.05, 0) is 32.6 Å². The van der Waals surface area contributed by atoms with Gasteiger partial charge in [0.15, 0.2) is 5.96 Å². The zero-order valence-electron chi connectivity index (χ0n) is 15.1. The highest BCUT2D eigenvalue weighted by atomic mass is 16.5. The number of likely N-dealkylation sites (tertiary alicyclic amines) is 1. The fourth-order valence-electron chi connectivity index (χ4n) is 3.55. The molecular weight excluding hydrogens is 290 g/mol. The predicted octanol–water partition coefficient (Wildman–Crippen LogP) is 2.66. The van der Waals surface area contributed by atoms with Crippen molar-refractivity contribution in [2.75, 3.05) is 46.5 Å². The molecule has 1 saturated carbocycles. The first kappa shape index (κ1) is 18.5. The van der Waals surface area contributed by atoms with Gasteiger partial charge in [0.05, 0.1) is 12.7 Å². The first-order valence-electron chi connectivity index (χ1n) is 9.47. The molecule has 0 aromatic rings. The molecule has 134 valence electrons. The molecule has 0 spiro atoms. The van der Waals surface area contributed by atoms with Crippen LogP contribution in [0.4, 0.5) is 0 Å². The molecular formula is C18H35N3O2. The first-order valence-corrected chi connectivity index (χ1v) is 9.47. The maximum atomic E-state index is 5.98. The summed E-state index contributed by atoms with van der Waals surface area (Å²) >= 11 is 0. The van der Waals surface area contributed by atoms with Gasteiger partial charge in [0.2, 0.25) is 0 Å². The second-order valence-electron chi connectivity index (χ2n) is 6.78. The largest absolute Gasteiger partial charge is 0.384 e. The Balaban J connectivity index is 1.67. The van der Waals surface area contributed by atoms with E-state index in [9.17, 15) is 0 Å². The van der Waals surface area contributed by atoms with Crippen LogP contribution >= 0.6 is 0 Å². The molecule has 1 unspecified atom stereocenters. The molecule has 5 nitrogen and oxygen atoms in total. The Morgan fingerprint density at radius 3 is 2.78 bits per heavy atom. The minimum atomic E-state index is 0.509. The van der Waals surface area contributed by atoms with Crippen molar-refractivity contribution in [2.45, 2.75) is 58.0 Å². The van der Waals surface area contributed by atoms with Crippen molar-refractivity contribution in [1.29, 1.82) is 0 Å². The van der Waals surface area contributed by atoms with E-state index in [0.29, 0.717) is 12.0 Å². The van der Waals surface area contributed by atoms with E-state index in [1.165, 1.54) is 38.5 Å². The minimum absolute atomic E-state index is 0.509. The summed E-state index contributed by atoms with van der Waals surface area (Å²) in [5.74, 6) is 1.70. The van der Waals surface area contributed by atoms with Gasteiger partial charge in [-0.2, -0.15) is 0 Å². The average Bonchev–Trinajstić information content (AvgIpc) is 3.03. The quantitative estimate of drug-likeness (QED) is 0.423. The van der Waals surface area contributed by atoms with Crippen molar-refractivity contribution in [3.63, 3.8) is 0 Å². The lowest BCUT2D eigenvalue weighted by Gasteiger charge is -2.22. The van der Waals surface area contributed by atoms with E-state index in [4.69, 9.17) is 14.5 Å². The molecule has 2 rings (SSSR count). The molecule has 5 heteroatoms. The van der Waals surface area contributed by atoms with E-state index < -0.39 is 0 Å². The van der Waals surface area contributed by atoms with Crippen LogP contribution in [0.5, 0.6) is 0 Å². The van der Waals surface area contributed by atoms with Crippen LogP contribution in [0.1, 0.15) is 51.9 Å². The van der Waals surface area contributed by atoms with E-state index in [-0.39, 0.29) is 0 Å². The summed E-state index contributed by atoms with van der Waals surface area (Å²) in [5.41, 5.74) is 0. The minimum Gasteiger partial charge on any atom is -0.384 e. The van der Waals surface area contributed by atoms with Crippen LogP contribution in [0, 0.1) is 5.92 Å². The Morgan fingerprint density at radius 1 is 1.22 bits per heavy atom. The van der Waals surface area contributed by atoms with Crippen LogP contribution in [-0.2, 0) is 9.47 Å². The standard InChI is InChI=1S/C18H35N3O2/c1-3-19-18(21-12-10-16(14-21)15-22-2)20-11-7-13-23-17-8-5-4-6-9-17/h16-17H,3-15H2,1-2H3,(H,19,20). The van der Waals surface area contributed by atoms with Gasteiger partial charge in [-0.1, -0.05) is 19.3 Å². The molecule has 0 aromatic heterocycles. The van der Waals surface area contributed by atoms with Gasteiger partial charge in [0.25, 0.3) is 0 Å². The number of aliphatic imine (C=N–C) groups is 1. The SMILES string of the molecule is CCNC(=NCCCOC1CCCCC1)N1CCC(COC)C1. The Kier molecular flexibility index (Phi) is 8.76. The molecule has 0 radical (unpaired) electrons. The zero-order valence-corrected chi connectivity index (χ0v) is 15.1. The van der Waals surface area contributed by atoms with E-state index in [1.54, 1.807) is 7.11 Å². The van der Waals surface area contributed by atoms with Crippen LogP contribution in [0.15, 0.2) is 4.99 Å². The van der Waals surface area contributed by atoms with Crippen molar-refractivity contribution in [1.82, 2.24) is 10.2 Å². The average molecular weight is 325 g/mol. The lowest BCUT2D eigenvalue weighted by molar-refractivity contribution is 0.0281. The van der Waals surface area contributed by atoms with Crippen molar-refractivity contribution in [2.24, 2.45) is 10.9 Å². The van der Waals surface area contributed by atoms with Gasteiger partial charge in [0.1, 0.15) is 0 Å². The van der Waals surface area contributed by atoms with Gasteiger partial charge >= 0.3 is 0 Å². The zero-order chi connectivity index (χ0) is 16.3. The fraction of sp³-hybridized carbons (Fsp3) is 0.944. The lowest BCUT2D eigenvalue weighted by Crippen LogP contribution is -2.40. The molecule has 1 aliphatic heterocycles. The number of methoxy groups -OCH3 is 1. The van der Waals surface area contributed by atoms with Gasteiger partial charge < -0.3 is 19.7 Å². The second kappa shape index (κ2) is 10.9. The molecule has 0 aromatic carbocycles. The van der Waals surface area contributed by atoms with Crippen LogP contribution in [-0.4, -0.2) is 63.5 Å². The van der Waals surface area contributed by atoms with Gasteiger partial charge in [-0.25, -0.2) is 0 Å². The maximum Gasteiger partial charge on any atom is 0.193 e. The van der Waals surface area contributed by atoms with E-state index >= 15 is 0 Å². The lowest BCUT2D eigenvalue weighted by atomic mass is 9.98. The monoisotopic (exact) mass is 325 g/mol. The number of nitrogens with one attached hydrogen (secondary N) is 1. The molecule has 0 amide bonds. The van der Waals surface area contributed by atoms with Gasteiger partial charge in [-0.3, -0.25) is 4.99 Å². The normalized spacial score (nSPS) is 23.5. The highest BCUT2D eigenvalue weighted by Gasteiger charge is 2.24. The Labute approximate surface area is 141 Å². The van der Waals surface area contributed by atoms with Gasteiger partial charge in [-0.15, -0.1) is 0 Å². The molecule has 1 atom stereocenters. The molecule has 23 heavy (non-hydrogen) atoms. The number of nitrogens with zero attached hydrogens (tertiary/aromatic N) is 2. The van der Waals surface area contributed by atoms with Gasteiger partial charge in [0, 0.05) is 45.8 Å². The summed E-state index contributed by atoms with van der Waals surface area (Å²) in [6.45, 7) is 7.73. The maximum absolute atomic E-state index is 5.98. The third-order valence-corrected chi connectivity index (χ3v) is 4.79. The Hall–Kier alpha value is -0.810. The summed E-state index contributed by atoms with van der Waals surface area (Å²) in [6, 6.07) is 0. The third kappa shape index (κ3) is 6.68. The third-order valence-electron chi connectivity index (χ3n) is 4.79. The number of hydrogen-bond donors (Lipinski definition) is 1. The number of ether oxygens (including phenoxy) is 2. The van der Waals surface area contributed by atoms with Crippen LogP contribution in [0.25, 0.3) is 0 Å². The molecule has 0 bridgehead atoms.